The van der Waals surface area contributed by atoms with Crippen LogP contribution in [0.1, 0.15) is 10.4 Å². The van der Waals surface area contributed by atoms with Gasteiger partial charge in [-0.15, -0.1) is 0 Å². The third-order valence-corrected chi connectivity index (χ3v) is 3.69. The van der Waals surface area contributed by atoms with Crippen molar-refractivity contribution in [2.45, 2.75) is 9.79 Å². The second-order valence-electron chi connectivity index (χ2n) is 3.95. The molecule has 0 saturated carbocycles. The summed E-state index contributed by atoms with van der Waals surface area (Å²) in [5.41, 5.74) is 0.279. The van der Waals surface area contributed by atoms with Crippen LogP contribution in [-0.4, -0.2) is 25.3 Å². The van der Waals surface area contributed by atoms with Crippen molar-refractivity contribution in [2.75, 3.05) is 14.2 Å². The van der Waals surface area contributed by atoms with Gasteiger partial charge in [-0.05, 0) is 42.5 Å². The first kappa shape index (κ1) is 14.3. The van der Waals surface area contributed by atoms with Crippen molar-refractivity contribution in [3.63, 3.8) is 0 Å². The van der Waals surface area contributed by atoms with E-state index in [1.807, 2.05) is 18.2 Å². The smallest absolute Gasteiger partial charge is 0.335 e. The van der Waals surface area contributed by atoms with Gasteiger partial charge in [0.15, 0.2) is 11.5 Å². The lowest BCUT2D eigenvalue weighted by atomic mass is 10.2. The molecule has 0 saturated heterocycles. The average Bonchev–Trinajstić information content (AvgIpc) is 2.47. The Balaban J connectivity index is 2.19. The molecular formula is C15H14O4S. The van der Waals surface area contributed by atoms with Crippen LogP contribution in [-0.2, 0) is 0 Å². The highest BCUT2D eigenvalue weighted by molar-refractivity contribution is 7.99. The Labute approximate surface area is 121 Å². The first-order chi connectivity index (χ1) is 9.63. The van der Waals surface area contributed by atoms with Crippen LogP contribution in [0.4, 0.5) is 0 Å². The molecule has 0 aliphatic carbocycles. The summed E-state index contributed by atoms with van der Waals surface area (Å²) in [5, 5.41) is 8.85. The van der Waals surface area contributed by atoms with Crippen LogP contribution in [0.15, 0.2) is 52.3 Å². The molecule has 0 heterocycles. The van der Waals surface area contributed by atoms with E-state index in [-0.39, 0.29) is 5.56 Å². The number of hydrogen-bond acceptors (Lipinski definition) is 4. The first-order valence-electron chi connectivity index (χ1n) is 5.87. The molecule has 0 spiro atoms. The standard InChI is InChI=1S/C15H14O4S/c1-18-13-8-7-12(9-14(13)19-2)20-11-5-3-10(4-6-11)15(16)17/h3-9H,1-2H3,(H,16,17). The van der Waals surface area contributed by atoms with Crippen molar-refractivity contribution in [3.8, 4) is 11.5 Å². The van der Waals surface area contributed by atoms with Gasteiger partial charge in [-0.3, -0.25) is 0 Å². The lowest BCUT2D eigenvalue weighted by Gasteiger charge is -2.09. The summed E-state index contributed by atoms with van der Waals surface area (Å²) < 4.78 is 10.4. The molecule has 0 atom stereocenters. The van der Waals surface area contributed by atoms with E-state index in [0.717, 1.165) is 9.79 Å². The number of carbonyl (C=O) groups is 1. The van der Waals surface area contributed by atoms with Crippen molar-refractivity contribution in [3.05, 3.63) is 48.0 Å². The summed E-state index contributed by atoms with van der Waals surface area (Å²) >= 11 is 1.53. The van der Waals surface area contributed by atoms with Crippen LogP contribution in [0.5, 0.6) is 11.5 Å². The predicted octanol–water partition coefficient (Wildman–Crippen LogP) is 3.55. The van der Waals surface area contributed by atoms with Gasteiger partial charge in [-0.2, -0.15) is 0 Å². The zero-order valence-corrected chi connectivity index (χ0v) is 11.9. The van der Waals surface area contributed by atoms with Gasteiger partial charge in [0.05, 0.1) is 19.8 Å². The molecule has 0 amide bonds. The lowest BCUT2D eigenvalue weighted by Crippen LogP contribution is -1.94. The highest BCUT2D eigenvalue weighted by Crippen LogP contribution is 2.35. The van der Waals surface area contributed by atoms with Crippen molar-refractivity contribution in [2.24, 2.45) is 0 Å². The summed E-state index contributed by atoms with van der Waals surface area (Å²) in [7, 11) is 3.18. The summed E-state index contributed by atoms with van der Waals surface area (Å²) in [6.07, 6.45) is 0. The van der Waals surface area contributed by atoms with E-state index in [9.17, 15) is 4.79 Å². The van der Waals surface area contributed by atoms with Gasteiger partial charge in [0.25, 0.3) is 0 Å². The molecule has 0 unspecified atom stereocenters. The van der Waals surface area contributed by atoms with Crippen molar-refractivity contribution in [1.29, 1.82) is 0 Å². The predicted molar refractivity (Wildman–Crippen MR) is 77.1 cm³/mol. The zero-order valence-electron chi connectivity index (χ0n) is 11.1. The number of hydrogen-bond donors (Lipinski definition) is 1. The Kier molecular flexibility index (Phi) is 4.53. The third kappa shape index (κ3) is 3.24. The minimum atomic E-state index is -0.923. The normalized spacial score (nSPS) is 10.1. The molecule has 0 radical (unpaired) electrons. The molecule has 4 nitrogen and oxygen atoms in total. The van der Waals surface area contributed by atoms with E-state index in [4.69, 9.17) is 14.6 Å². The number of carboxylic acid groups (broad SMARTS) is 1. The number of benzene rings is 2. The fraction of sp³-hybridized carbons (Fsp3) is 0.133. The Hall–Kier alpha value is -2.14. The Bertz CT molecular complexity index is 608. The van der Waals surface area contributed by atoms with E-state index in [2.05, 4.69) is 0 Å². The molecule has 2 aromatic rings. The van der Waals surface area contributed by atoms with Crippen molar-refractivity contribution in [1.82, 2.24) is 0 Å². The van der Waals surface area contributed by atoms with Gasteiger partial charge in [0.2, 0.25) is 0 Å². The van der Waals surface area contributed by atoms with Gasteiger partial charge in [0.1, 0.15) is 0 Å². The van der Waals surface area contributed by atoms with Crippen LogP contribution in [0.3, 0.4) is 0 Å². The molecule has 0 aliphatic heterocycles. The van der Waals surface area contributed by atoms with E-state index in [0.29, 0.717) is 11.5 Å². The van der Waals surface area contributed by atoms with Gasteiger partial charge in [-0.25, -0.2) is 4.79 Å². The molecule has 2 rings (SSSR count). The average molecular weight is 290 g/mol. The fourth-order valence-electron chi connectivity index (χ4n) is 1.68. The topological polar surface area (TPSA) is 55.8 Å². The molecule has 1 N–H and O–H groups in total. The Morgan fingerprint density at radius 3 is 2.10 bits per heavy atom. The van der Waals surface area contributed by atoms with Crippen LogP contribution in [0, 0.1) is 0 Å². The lowest BCUT2D eigenvalue weighted by molar-refractivity contribution is 0.0697. The minimum absolute atomic E-state index is 0.279. The van der Waals surface area contributed by atoms with Gasteiger partial charge in [-0.1, -0.05) is 11.8 Å². The SMILES string of the molecule is COc1ccc(Sc2ccc(C(=O)O)cc2)cc1OC. The van der Waals surface area contributed by atoms with Crippen molar-refractivity contribution < 1.29 is 19.4 Å². The second kappa shape index (κ2) is 6.34. The van der Waals surface area contributed by atoms with Crippen LogP contribution in [0.25, 0.3) is 0 Å². The molecule has 0 bridgehead atoms. The van der Waals surface area contributed by atoms with E-state index in [1.54, 1.807) is 38.5 Å². The maximum absolute atomic E-state index is 10.8. The van der Waals surface area contributed by atoms with Crippen molar-refractivity contribution >= 4 is 17.7 Å². The maximum atomic E-state index is 10.8. The molecule has 0 aliphatic rings. The minimum Gasteiger partial charge on any atom is -0.493 e. The number of carboxylic acids is 1. The molecule has 0 aromatic heterocycles. The zero-order chi connectivity index (χ0) is 14.5. The first-order valence-corrected chi connectivity index (χ1v) is 6.69. The summed E-state index contributed by atoms with van der Waals surface area (Å²) in [6, 6.07) is 12.4. The van der Waals surface area contributed by atoms with Crippen LogP contribution < -0.4 is 9.47 Å². The maximum Gasteiger partial charge on any atom is 0.335 e. The molecule has 2 aromatic carbocycles. The molecular weight excluding hydrogens is 276 g/mol. The quantitative estimate of drug-likeness (QED) is 0.912. The second-order valence-corrected chi connectivity index (χ2v) is 5.10. The third-order valence-electron chi connectivity index (χ3n) is 2.69. The summed E-state index contributed by atoms with van der Waals surface area (Å²) in [6.45, 7) is 0. The van der Waals surface area contributed by atoms with E-state index >= 15 is 0 Å². The Morgan fingerprint density at radius 2 is 1.55 bits per heavy atom. The molecule has 104 valence electrons. The number of aromatic carboxylic acids is 1. The molecule has 5 heteroatoms. The highest BCUT2D eigenvalue weighted by Gasteiger charge is 2.07. The van der Waals surface area contributed by atoms with Gasteiger partial charge >= 0.3 is 5.97 Å². The van der Waals surface area contributed by atoms with Gasteiger partial charge < -0.3 is 14.6 Å². The fourth-order valence-corrected chi connectivity index (χ4v) is 2.53. The Morgan fingerprint density at radius 1 is 0.950 bits per heavy atom. The monoisotopic (exact) mass is 290 g/mol. The molecule has 20 heavy (non-hydrogen) atoms. The molecule has 0 fully saturated rings. The van der Waals surface area contributed by atoms with E-state index < -0.39 is 5.97 Å². The number of ether oxygens (including phenoxy) is 2. The largest absolute Gasteiger partial charge is 0.493 e. The van der Waals surface area contributed by atoms with Crippen LogP contribution in [0.2, 0.25) is 0 Å². The van der Waals surface area contributed by atoms with E-state index in [1.165, 1.54) is 11.8 Å². The summed E-state index contributed by atoms with van der Waals surface area (Å²) in [5.74, 6) is 0.422. The summed E-state index contributed by atoms with van der Waals surface area (Å²) in [4.78, 5) is 12.7. The van der Waals surface area contributed by atoms with Gasteiger partial charge in [0, 0.05) is 9.79 Å². The number of rotatable bonds is 5. The highest BCUT2D eigenvalue weighted by atomic mass is 32.2. The number of methoxy groups -OCH3 is 2. The van der Waals surface area contributed by atoms with Crippen LogP contribution >= 0.6 is 11.8 Å².